The zero-order valence-electron chi connectivity index (χ0n) is 16.1. The van der Waals surface area contributed by atoms with Gasteiger partial charge in [0.1, 0.15) is 11.5 Å². The summed E-state index contributed by atoms with van der Waals surface area (Å²) in [5.74, 6) is 1.87. The van der Waals surface area contributed by atoms with Crippen molar-refractivity contribution in [1.29, 1.82) is 0 Å². The van der Waals surface area contributed by atoms with Crippen LogP contribution in [0, 0.1) is 5.92 Å². The molecule has 0 saturated carbocycles. The van der Waals surface area contributed by atoms with Crippen LogP contribution >= 0.6 is 0 Å². The molecule has 0 radical (unpaired) electrons. The Bertz CT molecular complexity index is 884. The number of methoxy groups -OCH3 is 1. The molecule has 2 heterocycles. The molecule has 0 spiro atoms. The lowest BCUT2D eigenvalue weighted by Gasteiger charge is -2.33. The highest BCUT2D eigenvalue weighted by molar-refractivity contribution is 5.97. The third kappa shape index (κ3) is 4.03. The van der Waals surface area contributed by atoms with Gasteiger partial charge in [-0.3, -0.25) is 9.59 Å². The van der Waals surface area contributed by atoms with Crippen molar-refractivity contribution in [2.24, 2.45) is 5.92 Å². The smallest absolute Gasteiger partial charge is 0.315 e. The SMILES string of the molecule is COc1cccc(N2CCC(CCC(=O)c3ccc4c(c3)OC(=O)C4)CC2)c1. The molecule has 2 aromatic carbocycles. The molecular formula is C23H25NO4. The fourth-order valence-electron chi connectivity index (χ4n) is 4.05. The number of ketones is 1. The molecule has 0 aromatic heterocycles. The second kappa shape index (κ2) is 8.05. The van der Waals surface area contributed by atoms with E-state index in [-0.39, 0.29) is 11.8 Å². The first-order valence-corrected chi connectivity index (χ1v) is 9.88. The number of rotatable bonds is 6. The maximum atomic E-state index is 12.6. The van der Waals surface area contributed by atoms with Gasteiger partial charge >= 0.3 is 5.97 Å². The fourth-order valence-corrected chi connectivity index (χ4v) is 4.05. The second-order valence-corrected chi connectivity index (χ2v) is 7.57. The van der Waals surface area contributed by atoms with Gasteiger partial charge in [0, 0.05) is 42.4 Å². The lowest BCUT2D eigenvalue weighted by Crippen LogP contribution is -2.33. The Labute approximate surface area is 165 Å². The zero-order valence-corrected chi connectivity index (χ0v) is 16.1. The fraction of sp³-hybridized carbons (Fsp3) is 0.391. The van der Waals surface area contributed by atoms with Gasteiger partial charge in [-0.15, -0.1) is 0 Å². The summed E-state index contributed by atoms with van der Waals surface area (Å²) in [6.07, 6.45) is 3.92. The van der Waals surface area contributed by atoms with Crippen molar-refractivity contribution in [3.8, 4) is 11.5 Å². The Hall–Kier alpha value is -2.82. The van der Waals surface area contributed by atoms with Crippen LogP contribution in [0.2, 0.25) is 0 Å². The summed E-state index contributed by atoms with van der Waals surface area (Å²) >= 11 is 0. The Morgan fingerprint density at radius 2 is 2.00 bits per heavy atom. The molecule has 4 rings (SSSR count). The minimum absolute atomic E-state index is 0.126. The van der Waals surface area contributed by atoms with E-state index in [0.717, 1.165) is 43.7 Å². The summed E-state index contributed by atoms with van der Waals surface area (Å²) in [6.45, 7) is 2.00. The van der Waals surface area contributed by atoms with E-state index in [0.29, 0.717) is 30.1 Å². The number of carbonyl (C=O) groups is 2. The summed E-state index contributed by atoms with van der Waals surface area (Å²) < 4.78 is 10.5. The van der Waals surface area contributed by atoms with E-state index < -0.39 is 0 Å². The molecule has 5 nitrogen and oxygen atoms in total. The standard InChI is InChI=1S/C23H25NO4/c1-27-20-4-2-3-19(15-20)24-11-9-16(10-12-24)5-8-21(25)17-6-7-18-14-23(26)28-22(18)13-17/h2-4,6-7,13,15-16H,5,8-12,14H2,1H3. The highest BCUT2D eigenvalue weighted by atomic mass is 16.5. The average molecular weight is 379 g/mol. The predicted octanol–water partition coefficient (Wildman–Crippen LogP) is 4.04. The van der Waals surface area contributed by atoms with Crippen LogP contribution in [0.4, 0.5) is 5.69 Å². The minimum Gasteiger partial charge on any atom is -0.497 e. The van der Waals surface area contributed by atoms with Crippen LogP contribution in [-0.2, 0) is 11.2 Å². The number of ether oxygens (including phenoxy) is 2. The van der Waals surface area contributed by atoms with E-state index in [1.807, 2.05) is 24.3 Å². The van der Waals surface area contributed by atoms with Crippen molar-refractivity contribution in [1.82, 2.24) is 0 Å². The Kier molecular flexibility index (Phi) is 5.33. The van der Waals surface area contributed by atoms with Gasteiger partial charge in [-0.1, -0.05) is 18.2 Å². The number of esters is 1. The minimum atomic E-state index is -0.248. The predicted molar refractivity (Wildman–Crippen MR) is 107 cm³/mol. The van der Waals surface area contributed by atoms with Crippen molar-refractivity contribution in [3.05, 3.63) is 53.6 Å². The van der Waals surface area contributed by atoms with E-state index in [1.54, 1.807) is 13.2 Å². The van der Waals surface area contributed by atoms with Crippen LogP contribution in [0.25, 0.3) is 0 Å². The second-order valence-electron chi connectivity index (χ2n) is 7.57. The van der Waals surface area contributed by atoms with Crippen molar-refractivity contribution in [2.45, 2.75) is 32.1 Å². The lowest BCUT2D eigenvalue weighted by atomic mass is 9.90. The van der Waals surface area contributed by atoms with Gasteiger partial charge in [-0.2, -0.15) is 0 Å². The number of hydrogen-bond acceptors (Lipinski definition) is 5. The van der Waals surface area contributed by atoms with Crippen LogP contribution in [0.3, 0.4) is 0 Å². The molecule has 0 N–H and O–H groups in total. The molecule has 28 heavy (non-hydrogen) atoms. The van der Waals surface area contributed by atoms with Gasteiger partial charge < -0.3 is 14.4 Å². The summed E-state index contributed by atoms with van der Waals surface area (Å²) in [4.78, 5) is 26.3. The van der Waals surface area contributed by atoms with E-state index in [1.165, 1.54) is 5.69 Å². The molecule has 0 atom stereocenters. The third-order valence-electron chi connectivity index (χ3n) is 5.76. The van der Waals surface area contributed by atoms with Gasteiger partial charge in [-0.05, 0) is 43.4 Å². The monoisotopic (exact) mass is 379 g/mol. The van der Waals surface area contributed by atoms with Crippen molar-refractivity contribution in [2.75, 3.05) is 25.1 Å². The van der Waals surface area contributed by atoms with Gasteiger partial charge in [0.05, 0.1) is 13.5 Å². The van der Waals surface area contributed by atoms with E-state index >= 15 is 0 Å². The number of benzene rings is 2. The molecule has 0 aliphatic carbocycles. The normalized spacial score (nSPS) is 16.6. The first-order chi connectivity index (χ1) is 13.6. The molecular weight excluding hydrogens is 354 g/mol. The molecule has 5 heteroatoms. The van der Waals surface area contributed by atoms with Crippen LogP contribution in [-0.4, -0.2) is 32.0 Å². The highest BCUT2D eigenvalue weighted by Gasteiger charge is 2.23. The van der Waals surface area contributed by atoms with Crippen molar-refractivity contribution < 1.29 is 19.1 Å². The Balaban J connectivity index is 1.28. The van der Waals surface area contributed by atoms with Gasteiger partial charge in [-0.25, -0.2) is 0 Å². The average Bonchev–Trinajstić information content (AvgIpc) is 3.11. The number of piperidine rings is 1. The molecule has 1 fully saturated rings. The summed E-state index contributed by atoms with van der Waals surface area (Å²) in [7, 11) is 1.69. The number of nitrogens with zero attached hydrogens (tertiary/aromatic N) is 1. The molecule has 0 amide bonds. The summed E-state index contributed by atoms with van der Waals surface area (Å²) in [5, 5.41) is 0. The van der Waals surface area contributed by atoms with E-state index in [9.17, 15) is 9.59 Å². The Morgan fingerprint density at radius 1 is 1.18 bits per heavy atom. The topological polar surface area (TPSA) is 55.8 Å². The molecule has 2 aliphatic rings. The summed E-state index contributed by atoms with van der Waals surface area (Å²) in [5.41, 5.74) is 2.70. The summed E-state index contributed by atoms with van der Waals surface area (Å²) in [6, 6.07) is 13.5. The zero-order chi connectivity index (χ0) is 19.5. The van der Waals surface area contributed by atoms with E-state index in [2.05, 4.69) is 17.0 Å². The largest absolute Gasteiger partial charge is 0.497 e. The van der Waals surface area contributed by atoms with Gasteiger partial charge in [0.25, 0.3) is 0 Å². The molecule has 2 aliphatic heterocycles. The van der Waals surface area contributed by atoms with Gasteiger partial charge in [0.2, 0.25) is 0 Å². The van der Waals surface area contributed by atoms with E-state index in [4.69, 9.17) is 9.47 Å². The number of Topliss-reactive ketones (excluding diaryl/α,β-unsaturated/α-hetero) is 1. The number of anilines is 1. The molecule has 0 unspecified atom stereocenters. The number of hydrogen-bond donors (Lipinski definition) is 0. The lowest BCUT2D eigenvalue weighted by molar-refractivity contribution is -0.131. The molecule has 146 valence electrons. The quantitative estimate of drug-likeness (QED) is 0.431. The molecule has 2 aromatic rings. The Morgan fingerprint density at radius 3 is 2.79 bits per heavy atom. The van der Waals surface area contributed by atoms with Gasteiger partial charge in [0.15, 0.2) is 5.78 Å². The van der Waals surface area contributed by atoms with Crippen LogP contribution in [0.15, 0.2) is 42.5 Å². The van der Waals surface area contributed by atoms with Crippen LogP contribution in [0.5, 0.6) is 11.5 Å². The highest BCUT2D eigenvalue weighted by Crippen LogP contribution is 2.30. The molecule has 0 bridgehead atoms. The molecule has 1 saturated heterocycles. The maximum absolute atomic E-state index is 12.6. The number of carbonyl (C=O) groups excluding carboxylic acids is 2. The van der Waals surface area contributed by atoms with Crippen LogP contribution < -0.4 is 14.4 Å². The first kappa shape index (κ1) is 18.5. The van der Waals surface area contributed by atoms with Crippen molar-refractivity contribution in [3.63, 3.8) is 0 Å². The first-order valence-electron chi connectivity index (χ1n) is 9.88. The third-order valence-corrected chi connectivity index (χ3v) is 5.76. The van der Waals surface area contributed by atoms with Crippen LogP contribution in [0.1, 0.15) is 41.6 Å². The van der Waals surface area contributed by atoms with Crippen molar-refractivity contribution >= 4 is 17.4 Å². The maximum Gasteiger partial charge on any atom is 0.315 e. The number of fused-ring (bicyclic) bond motifs is 1.